The Kier molecular flexibility index (Phi) is 6.87. The fourth-order valence-electron chi connectivity index (χ4n) is 1.88. The molecule has 5 heteroatoms. The molecule has 0 aromatic heterocycles. The SMILES string of the molecule is COCCOCCN1CCC(C(N)=S)CC1. The molecule has 4 nitrogen and oxygen atoms in total. The molecule has 0 radical (unpaired) electrons. The second-order valence-electron chi connectivity index (χ2n) is 4.12. The van der Waals surface area contributed by atoms with Gasteiger partial charge in [-0.25, -0.2) is 0 Å². The molecular formula is C11H22N2O2S. The van der Waals surface area contributed by atoms with Crippen molar-refractivity contribution in [3.05, 3.63) is 0 Å². The van der Waals surface area contributed by atoms with Crippen molar-refractivity contribution in [1.29, 1.82) is 0 Å². The van der Waals surface area contributed by atoms with E-state index in [1.165, 1.54) is 0 Å². The quantitative estimate of drug-likeness (QED) is 0.528. The molecule has 0 amide bonds. The highest BCUT2D eigenvalue weighted by molar-refractivity contribution is 7.80. The van der Waals surface area contributed by atoms with E-state index in [-0.39, 0.29) is 0 Å². The minimum absolute atomic E-state index is 0.445. The van der Waals surface area contributed by atoms with Crippen molar-refractivity contribution in [2.24, 2.45) is 11.7 Å². The van der Waals surface area contributed by atoms with Gasteiger partial charge in [0.15, 0.2) is 0 Å². The van der Waals surface area contributed by atoms with Crippen LogP contribution in [0, 0.1) is 5.92 Å². The zero-order valence-electron chi connectivity index (χ0n) is 9.98. The molecule has 1 aliphatic heterocycles. The Morgan fingerprint density at radius 2 is 2.00 bits per heavy atom. The molecular weight excluding hydrogens is 224 g/mol. The summed E-state index contributed by atoms with van der Waals surface area (Å²) < 4.78 is 10.3. The predicted octanol–water partition coefficient (Wildman–Crippen LogP) is 0.648. The van der Waals surface area contributed by atoms with Crippen LogP contribution in [0.4, 0.5) is 0 Å². The molecule has 94 valence electrons. The van der Waals surface area contributed by atoms with Gasteiger partial charge in [0.2, 0.25) is 0 Å². The van der Waals surface area contributed by atoms with E-state index in [0.717, 1.165) is 39.1 Å². The van der Waals surface area contributed by atoms with E-state index in [1.54, 1.807) is 7.11 Å². The smallest absolute Gasteiger partial charge is 0.0759 e. The van der Waals surface area contributed by atoms with Gasteiger partial charge in [-0.15, -0.1) is 0 Å². The van der Waals surface area contributed by atoms with Crippen LogP contribution in [-0.2, 0) is 9.47 Å². The minimum Gasteiger partial charge on any atom is -0.393 e. The monoisotopic (exact) mass is 246 g/mol. The first-order valence-corrected chi connectivity index (χ1v) is 6.23. The van der Waals surface area contributed by atoms with Crippen LogP contribution in [0.2, 0.25) is 0 Å². The summed E-state index contributed by atoms with van der Waals surface area (Å²) in [6, 6.07) is 0. The number of thiocarbonyl (C=S) groups is 1. The van der Waals surface area contributed by atoms with Gasteiger partial charge in [0.25, 0.3) is 0 Å². The summed E-state index contributed by atoms with van der Waals surface area (Å²) in [5.41, 5.74) is 5.64. The van der Waals surface area contributed by atoms with Crippen molar-refractivity contribution in [2.75, 3.05) is 46.6 Å². The summed E-state index contributed by atoms with van der Waals surface area (Å²) in [5.74, 6) is 0.445. The van der Waals surface area contributed by atoms with E-state index in [4.69, 9.17) is 27.4 Å². The van der Waals surface area contributed by atoms with Gasteiger partial charge in [0.1, 0.15) is 0 Å². The van der Waals surface area contributed by atoms with Gasteiger partial charge in [0.05, 0.1) is 24.8 Å². The highest BCUT2D eigenvalue weighted by Gasteiger charge is 2.20. The largest absolute Gasteiger partial charge is 0.393 e. The topological polar surface area (TPSA) is 47.7 Å². The molecule has 16 heavy (non-hydrogen) atoms. The van der Waals surface area contributed by atoms with Crippen molar-refractivity contribution in [3.63, 3.8) is 0 Å². The molecule has 0 bridgehead atoms. The van der Waals surface area contributed by atoms with E-state index >= 15 is 0 Å². The Morgan fingerprint density at radius 3 is 2.56 bits per heavy atom. The molecule has 0 atom stereocenters. The zero-order valence-corrected chi connectivity index (χ0v) is 10.8. The second-order valence-corrected chi connectivity index (χ2v) is 4.59. The molecule has 1 heterocycles. The number of methoxy groups -OCH3 is 1. The molecule has 0 saturated carbocycles. The molecule has 0 aliphatic carbocycles. The van der Waals surface area contributed by atoms with Crippen molar-refractivity contribution in [1.82, 2.24) is 4.90 Å². The maximum absolute atomic E-state index is 5.64. The average molecular weight is 246 g/mol. The minimum atomic E-state index is 0.445. The van der Waals surface area contributed by atoms with Crippen molar-refractivity contribution < 1.29 is 9.47 Å². The molecule has 1 aliphatic rings. The van der Waals surface area contributed by atoms with Crippen LogP contribution >= 0.6 is 12.2 Å². The summed E-state index contributed by atoms with van der Waals surface area (Å²) in [7, 11) is 1.68. The molecule has 0 aromatic rings. The summed E-state index contributed by atoms with van der Waals surface area (Å²) in [4.78, 5) is 3.08. The Labute approximate surface area is 103 Å². The predicted molar refractivity (Wildman–Crippen MR) is 68.6 cm³/mol. The lowest BCUT2D eigenvalue weighted by atomic mass is 9.97. The van der Waals surface area contributed by atoms with Crippen molar-refractivity contribution >= 4 is 17.2 Å². The lowest BCUT2D eigenvalue weighted by molar-refractivity contribution is 0.0529. The number of nitrogens with zero attached hydrogens (tertiary/aromatic N) is 1. The van der Waals surface area contributed by atoms with Crippen LogP contribution in [0.1, 0.15) is 12.8 Å². The van der Waals surface area contributed by atoms with Gasteiger partial charge in [-0.3, -0.25) is 0 Å². The average Bonchev–Trinajstić information content (AvgIpc) is 2.29. The van der Waals surface area contributed by atoms with Crippen LogP contribution in [0.15, 0.2) is 0 Å². The van der Waals surface area contributed by atoms with E-state index < -0.39 is 0 Å². The van der Waals surface area contributed by atoms with Crippen LogP contribution in [-0.4, -0.2) is 56.5 Å². The van der Waals surface area contributed by atoms with E-state index in [2.05, 4.69) is 4.90 Å². The highest BCUT2D eigenvalue weighted by atomic mass is 32.1. The first kappa shape index (κ1) is 13.8. The zero-order chi connectivity index (χ0) is 11.8. The number of piperidine rings is 1. The van der Waals surface area contributed by atoms with E-state index in [9.17, 15) is 0 Å². The lowest BCUT2D eigenvalue weighted by Crippen LogP contribution is -2.39. The molecule has 2 N–H and O–H groups in total. The highest BCUT2D eigenvalue weighted by Crippen LogP contribution is 2.16. The van der Waals surface area contributed by atoms with Gasteiger partial charge in [0, 0.05) is 19.6 Å². The van der Waals surface area contributed by atoms with Crippen LogP contribution in [0.25, 0.3) is 0 Å². The molecule has 1 saturated heterocycles. The summed E-state index contributed by atoms with van der Waals surface area (Å²) in [6.45, 7) is 5.28. The lowest BCUT2D eigenvalue weighted by Gasteiger charge is -2.31. The second kappa shape index (κ2) is 7.95. The van der Waals surface area contributed by atoms with Gasteiger partial charge in [-0.2, -0.15) is 0 Å². The van der Waals surface area contributed by atoms with Gasteiger partial charge < -0.3 is 20.1 Å². The number of nitrogens with two attached hydrogens (primary N) is 1. The van der Waals surface area contributed by atoms with Crippen LogP contribution in [0.5, 0.6) is 0 Å². The van der Waals surface area contributed by atoms with Gasteiger partial charge in [-0.1, -0.05) is 12.2 Å². The Bertz CT molecular complexity index is 206. The number of hydrogen-bond donors (Lipinski definition) is 1. The van der Waals surface area contributed by atoms with Crippen molar-refractivity contribution in [3.8, 4) is 0 Å². The number of hydrogen-bond acceptors (Lipinski definition) is 4. The Hall–Kier alpha value is -0.230. The molecule has 0 spiro atoms. The molecule has 0 unspecified atom stereocenters. The maximum atomic E-state index is 5.64. The van der Waals surface area contributed by atoms with E-state index in [1.807, 2.05) is 0 Å². The van der Waals surface area contributed by atoms with Gasteiger partial charge in [-0.05, 0) is 25.9 Å². The fourth-order valence-corrected chi connectivity index (χ4v) is 2.11. The first-order chi connectivity index (χ1) is 7.74. The third-order valence-corrected chi connectivity index (χ3v) is 3.31. The summed E-state index contributed by atoms with van der Waals surface area (Å²) in [5, 5.41) is 0. The maximum Gasteiger partial charge on any atom is 0.0759 e. The third kappa shape index (κ3) is 5.21. The fraction of sp³-hybridized carbons (Fsp3) is 0.909. The van der Waals surface area contributed by atoms with Crippen molar-refractivity contribution in [2.45, 2.75) is 12.8 Å². The summed E-state index contributed by atoms with van der Waals surface area (Å²) in [6.07, 6.45) is 2.18. The molecule has 0 aromatic carbocycles. The number of ether oxygens (including phenoxy) is 2. The van der Waals surface area contributed by atoms with E-state index in [0.29, 0.717) is 24.1 Å². The first-order valence-electron chi connectivity index (χ1n) is 5.82. The summed E-state index contributed by atoms with van der Waals surface area (Å²) >= 11 is 5.01. The third-order valence-electron chi connectivity index (χ3n) is 2.97. The number of likely N-dealkylation sites (tertiary alicyclic amines) is 1. The Balaban J connectivity index is 2.02. The normalized spacial score (nSPS) is 18.8. The van der Waals surface area contributed by atoms with Gasteiger partial charge >= 0.3 is 0 Å². The van der Waals surface area contributed by atoms with Crippen LogP contribution < -0.4 is 5.73 Å². The standard InChI is InChI=1S/C11H22N2O2S/c1-14-8-9-15-7-6-13-4-2-10(3-5-13)11(12)16/h10H,2-9H2,1H3,(H2,12,16). The Morgan fingerprint density at radius 1 is 1.31 bits per heavy atom. The van der Waals surface area contributed by atoms with Crippen LogP contribution in [0.3, 0.4) is 0 Å². The molecule has 1 rings (SSSR count). The number of rotatable bonds is 7. The molecule has 1 fully saturated rings.